The summed E-state index contributed by atoms with van der Waals surface area (Å²) in [6.45, 7) is 3.92. The van der Waals surface area contributed by atoms with Crippen LogP contribution in [0.3, 0.4) is 0 Å². The van der Waals surface area contributed by atoms with Gasteiger partial charge in [-0.1, -0.05) is 0 Å². The molecule has 0 heterocycles. The van der Waals surface area contributed by atoms with E-state index in [-0.39, 0.29) is 12.5 Å². The van der Waals surface area contributed by atoms with E-state index in [0.717, 1.165) is 0 Å². The third kappa shape index (κ3) is 6.12. The lowest BCUT2D eigenvalue weighted by Gasteiger charge is -2.14. The Balaban J connectivity index is 2.49. The maximum Gasteiger partial charge on any atom is 0.318 e. The van der Waals surface area contributed by atoms with Gasteiger partial charge < -0.3 is 21.1 Å². The molecule has 120 valence electrons. The lowest BCUT2D eigenvalue weighted by Crippen LogP contribution is -2.43. The highest BCUT2D eigenvalue weighted by Gasteiger charge is 2.13. The smallest absolute Gasteiger partial charge is 0.318 e. The molecule has 0 radical (unpaired) electrons. The molecule has 1 aromatic carbocycles. The van der Waals surface area contributed by atoms with Gasteiger partial charge in [0.25, 0.3) is 5.91 Å². The van der Waals surface area contributed by atoms with E-state index in [2.05, 4.69) is 10.6 Å². The molecule has 0 aliphatic carbocycles. The van der Waals surface area contributed by atoms with Crippen LogP contribution in [0.25, 0.3) is 0 Å². The maximum absolute atomic E-state index is 11.5. The third-order valence-corrected chi connectivity index (χ3v) is 2.62. The van der Waals surface area contributed by atoms with Crippen LogP contribution >= 0.6 is 0 Å². The minimum absolute atomic E-state index is 0.0575. The number of nitrogens with one attached hydrogen (secondary N) is 3. The molecule has 1 atom stereocenters. The number of primary amides is 1. The highest BCUT2D eigenvalue weighted by molar-refractivity contribution is 5.97. The number of carbonyl (C=O) groups excluding carboxylic acids is 3. The van der Waals surface area contributed by atoms with Crippen molar-refractivity contribution >= 4 is 23.5 Å². The highest BCUT2D eigenvalue weighted by Crippen LogP contribution is 2.16. The molecule has 4 amide bonds. The van der Waals surface area contributed by atoms with Gasteiger partial charge in [0.05, 0.1) is 0 Å². The summed E-state index contributed by atoms with van der Waals surface area (Å²) in [7, 11) is 0. The van der Waals surface area contributed by atoms with Crippen LogP contribution in [-0.4, -0.2) is 37.0 Å². The van der Waals surface area contributed by atoms with Crippen LogP contribution in [0.5, 0.6) is 5.75 Å². The van der Waals surface area contributed by atoms with Crippen LogP contribution in [0, 0.1) is 0 Å². The normalized spacial score (nSPS) is 11.2. The summed E-state index contributed by atoms with van der Waals surface area (Å²) >= 11 is 0. The van der Waals surface area contributed by atoms with Crippen LogP contribution in [0.4, 0.5) is 10.5 Å². The minimum Gasteiger partial charge on any atom is -0.484 e. The number of carbonyl (C=O) groups is 3. The van der Waals surface area contributed by atoms with E-state index in [4.69, 9.17) is 10.5 Å². The average molecular weight is 308 g/mol. The number of nitrogens with two attached hydrogens (primary N) is 1. The fraction of sp³-hybridized carbons (Fsp3) is 0.357. The first kappa shape index (κ1) is 17.3. The summed E-state index contributed by atoms with van der Waals surface area (Å²) in [6.07, 6.45) is 0. The van der Waals surface area contributed by atoms with Crippen LogP contribution in [-0.2, 0) is 9.59 Å². The Morgan fingerprint density at radius 1 is 1.23 bits per heavy atom. The van der Waals surface area contributed by atoms with E-state index >= 15 is 0 Å². The SMILES string of the molecule is CCNC(=O)COc1ccc(NC(C)C(=O)NC(N)=O)cc1. The van der Waals surface area contributed by atoms with E-state index in [1.807, 2.05) is 12.2 Å². The predicted molar refractivity (Wildman–Crippen MR) is 81.4 cm³/mol. The summed E-state index contributed by atoms with van der Waals surface area (Å²) in [4.78, 5) is 33.4. The van der Waals surface area contributed by atoms with Crippen molar-refractivity contribution < 1.29 is 19.1 Å². The van der Waals surface area contributed by atoms with E-state index in [1.165, 1.54) is 0 Å². The van der Waals surface area contributed by atoms with Crippen molar-refractivity contribution in [3.63, 3.8) is 0 Å². The number of rotatable bonds is 7. The number of ether oxygens (including phenoxy) is 1. The van der Waals surface area contributed by atoms with Gasteiger partial charge in [0.1, 0.15) is 11.8 Å². The van der Waals surface area contributed by atoms with Crippen LogP contribution in [0.1, 0.15) is 13.8 Å². The van der Waals surface area contributed by atoms with Gasteiger partial charge in [0.15, 0.2) is 6.61 Å². The molecule has 8 nitrogen and oxygen atoms in total. The molecular formula is C14H20N4O4. The molecule has 0 aromatic heterocycles. The van der Waals surface area contributed by atoms with Crippen molar-refractivity contribution in [2.24, 2.45) is 5.73 Å². The average Bonchev–Trinajstić information content (AvgIpc) is 2.46. The molecule has 1 aromatic rings. The molecule has 0 bridgehead atoms. The number of hydrogen-bond acceptors (Lipinski definition) is 5. The van der Waals surface area contributed by atoms with Crippen LogP contribution in [0.2, 0.25) is 0 Å². The standard InChI is InChI=1S/C14H20N4O4/c1-3-16-12(19)8-22-11-6-4-10(5-7-11)17-9(2)13(20)18-14(15)21/h4-7,9,17H,3,8H2,1-2H3,(H,16,19)(H3,15,18,20,21). The van der Waals surface area contributed by atoms with Gasteiger partial charge in [0.2, 0.25) is 5.91 Å². The van der Waals surface area contributed by atoms with Crippen molar-refractivity contribution in [3.8, 4) is 5.75 Å². The molecule has 0 saturated carbocycles. The second kappa shape index (κ2) is 8.50. The summed E-state index contributed by atoms with van der Waals surface area (Å²) < 4.78 is 5.30. The maximum atomic E-state index is 11.5. The number of hydrogen-bond donors (Lipinski definition) is 4. The number of benzene rings is 1. The molecule has 22 heavy (non-hydrogen) atoms. The van der Waals surface area contributed by atoms with E-state index < -0.39 is 18.0 Å². The quantitative estimate of drug-likeness (QED) is 0.573. The molecule has 5 N–H and O–H groups in total. The Hall–Kier alpha value is -2.77. The number of anilines is 1. The van der Waals surface area contributed by atoms with Crippen LogP contribution < -0.4 is 26.4 Å². The molecule has 1 unspecified atom stereocenters. The minimum atomic E-state index is -0.896. The van der Waals surface area contributed by atoms with E-state index in [0.29, 0.717) is 18.0 Å². The van der Waals surface area contributed by atoms with Crippen molar-refractivity contribution in [2.45, 2.75) is 19.9 Å². The fourth-order valence-electron chi connectivity index (χ4n) is 1.59. The van der Waals surface area contributed by atoms with Crippen molar-refractivity contribution in [1.82, 2.24) is 10.6 Å². The van der Waals surface area contributed by atoms with E-state index in [1.54, 1.807) is 31.2 Å². The molecule has 0 saturated heterocycles. The predicted octanol–water partition coefficient (Wildman–Crippen LogP) is 0.197. The van der Waals surface area contributed by atoms with Crippen molar-refractivity contribution in [3.05, 3.63) is 24.3 Å². The second-order valence-corrected chi connectivity index (χ2v) is 4.49. The van der Waals surface area contributed by atoms with Gasteiger partial charge in [-0.05, 0) is 38.1 Å². The van der Waals surface area contributed by atoms with Gasteiger partial charge in [-0.25, -0.2) is 4.79 Å². The Bertz CT molecular complexity index is 530. The van der Waals surface area contributed by atoms with Gasteiger partial charge in [-0.2, -0.15) is 0 Å². The lowest BCUT2D eigenvalue weighted by molar-refractivity contribution is -0.123. The lowest BCUT2D eigenvalue weighted by atomic mass is 10.2. The van der Waals surface area contributed by atoms with Gasteiger partial charge in [-0.3, -0.25) is 14.9 Å². The van der Waals surface area contributed by atoms with Gasteiger partial charge in [-0.15, -0.1) is 0 Å². The number of likely N-dealkylation sites (N-methyl/N-ethyl adjacent to an activating group) is 1. The molecule has 8 heteroatoms. The van der Waals surface area contributed by atoms with Gasteiger partial charge >= 0.3 is 6.03 Å². The summed E-state index contributed by atoms with van der Waals surface area (Å²) in [5.41, 5.74) is 5.54. The summed E-state index contributed by atoms with van der Waals surface area (Å²) in [5.74, 6) is -0.184. The largest absolute Gasteiger partial charge is 0.484 e. The zero-order valence-electron chi connectivity index (χ0n) is 12.5. The first-order valence-electron chi connectivity index (χ1n) is 6.78. The first-order valence-corrected chi connectivity index (χ1v) is 6.78. The Morgan fingerprint density at radius 2 is 1.86 bits per heavy atom. The van der Waals surface area contributed by atoms with Crippen LogP contribution in [0.15, 0.2) is 24.3 Å². The molecule has 0 fully saturated rings. The summed E-state index contributed by atoms with van der Waals surface area (Å²) in [5, 5.41) is 7.51. The van der Waals surface area contributed by atoms with Crippen molar-refractivity contribution in [2.75, 3.05) is 18.5 Å². The number of urea groups is 1. The number of imide groups is 1. The zero-order chi connectivity index (χ0) is 16.5. The number of amides is 4. The monoisotopic (exact) mass is 308 g/mol. The first-order chi connectivity index (χ1) is 10.4. The fourth-order valence-corrected chi connectivity index (χ4v) is 1.59. The molecule has 0 spiro atoms. The highest BCUT2D eigenvalue weighted by atomic mass is 16.5. The van der Waals surface area contributed by atoms with Crippen molar-refractivity contribution in [1.29, 1.82) is 0 Å². The third-order valence-electron chi connectivity index (χ3n) is 2.62. The van der Waals surface area contributed by atoms with Gasteiger partial charge in [0, 0.05) is 12.2 Å². The molecular weight excluding hydrogens is 288 g/mol. The summed E-state index contributed by atoms with van der Waals surface area (Å²) in [6, 6.07) is 5.20. The second-order valence-electron chi connectivity index (χ2n) is 4.49. The zero-order valence-corrected chi connectivity index (χ0v) is 12.5. The Labute approximate surface area is 128 Å². The topological polar surface area (TPSA) is 123 Å². The van der Waals surface area contributed by atoms with E-state index in [9.17, 15) is 14.4 Å². The molecule has 1 rings (SSSR count). The Morgan fingerprint density at radius 3 is 2.41 bits per heavy atom. The Kier molecular flexibility index (Phi) is 6.68. The molecule has 0 aliphatic heterocycles. The molecule has 0 aliphatic rings.